The first-order chi connectivity index (χ1) is 13.1. The van der Waals surface area contributed by atoms with E-state index >= 15 is 0 Å². The number of halogens is 1. The molecule has 4 N–H and O–H groups in total. The Labute approximate surface area is 162 Å². The van der Waals surface area contributed by atoms with E-state index in [2.05, 4.69) is 30.8 Å². The molecule has 140 valence electrons. The van der Waals surface area contributed by atoms with E-state index in [0.29, 0.717) is 28.5 Å². The van der Waals surface area contributed by atoms with Crippen LogP contribution in [0.25, 0.3) is 0 Å². The number of hydrogen-bond acceptors (Lipinski definition) is 6. The number of rotatable bonds is 7. The Bertz CT molecular complexity index is 910. The number of aliphatic hydroxyl groups is 1. The molecule has 7 nitrogen and oxygen atoms in total. The summed E-state index contributed by atoms with van der Waals surface area (Å²) in [7, 11) is 0. The predicted octanol–water partition coefficient (Wildman–Crippen LogP) is 4.01. The summed E-state index contributed by atoms with van der Waals surface area (Å²) in [5.74, 6) is 2.08. The quantitative estimate of drug-likeness (QED) is 0.491. The minimum absolute atomic E-state index is 0.341. The first-order valence-corrected chi connectivity index (χ1v) is 9.32. The van der Waals surface area contributed by atoms with Gasteiger partial charge in [0.2, 0.25) is 5.95 Å². The Morgan fingerprint density at radius 1 is 1.26 bits per heavy atom. The van der Waals surface area contributed by atoms with Gasteiger partial charge in [0, 0.05) is 17.7 Å². The maximum atomic E-state index is 10.2. The van der Waals surface area contributed by atoms with Crippen LogP contribution in [0.1, 0.15) is 43.0 Å². The molecule has 0 saturated heterocycles. The van der Waals surface area contributed by atoms with Crippen molar-refractivity contribution in [3.63, 3.8) is 0 Å². The second-order valence-corrected chi connectivity index (χ2v) is 7.18. The lowest BCUT2D eigenvalue weighted by atomic mass is 10.0. The summed E-state index contributed by atoms with van der Waals surface area (Å²) in [5, 5.41) is 24.2. The number of anilines is 3. The largest absolute Gasteiger partial charge is 0.391 e. The van der Waals surface area contributed by atoms with Crippen molar-refractivity contribution >= 4 is 29.2 Å². The van der Waals surface area contributed by atoms with Crippen molar-refractivity contribution in [2.45, 2.75) is 37.8 Å². The molecule has 1 aliphatic rings. The third kappa shape index (κ3) is 4.20. The van der Waals surface area contributed by atoms with Crippen molar-refractivity contribution in [2.75, 3.05) is 10.6 Å². The lowest BCUT2D eigenvalue weighted by molar-refractivity contribution is 0.172. The van der Waals surface area contributed by atoms with Crippen LogP contribution < -0.4 is 10.6 Å². The maximum Gasteiger partial charge on any atom is 0.225 e. The van der Waals surface area contributed by atoms with Crippen molar-refractivity contribution in [3.8, 4) is 0 Å². The van der Waals surface area contributed by atoms with E-state index in [-0.39, 0.29) is 6.04 Å². The molecule has 2 atom stereocenters. The minimum atomic E-state index is -0.629. The smallest absolute Gasteiger partial charge is 0.225 e. The molecule has 3 aromatic rings. The zero-order valence-electron chi connectivity index (χ0n) is 14.9. The topological polar surface area (TPSA) is 98.8 Å². The molecule has 2 unspecified atom stereocenters. The molecule has 1 aliphatic carbocycles. The van der Waals surface area contributed by atoms with Gasteiger partial charge in [0.1, 0.15) is 5.02 Å². The fourth-order valence-electron chi connectivity index (χ4n) is 2.93. The van der Waals surface area contributed by atoms with Gasteiger partial charge in [0.25, 0.3) is 0 Å². The first-order valence-electron chi connectivity index (χ1n) is 8.94. The molecule has 0 spiro atoms. The molecule has 8 heteroatoms. The standard InChI is InChI=1S/C19H21ClN6O/c1-11(27)17(13-5-3-2-4-6-13)23-19-21-10-14(20)18(24-19)22-16-9-15(25-26-16)12-7-8-12/h2-6,9-12,17,27H,7-8H2,1H3,(H3,21,22,23,24,25,26). The molecule has 0 bridgehead atoms. The number of aliphatic hydroxyl groups excluding tert-OH is 1. The number of hydrogen-bond donors (Lipinski definition) is 4. The zero-order valence-corrected chi connectivity index (χ0v) is 15.6. The monoisotopic (exact) mass is 384 g/mol. The average Bonchev–Trinajstić information content (AvgIpc) is 3.42. The molecule has 4 rings (SSSR count). The van der Waals surface area contributed by atoms with Gasteiger partial charge in [-0.25, -0.2) is 4.98 Å². The highest BCUT2D eigenvalue weighted by atomic mass is 35.5. The summed E-state index contributed by atoms with van der Waals surface area (Å²) in [6.45, 7) is 1.73. The van der Waals surface area contributed by atoms with Gasteiger partial charge in [0.15, 0.2) is 11.6 Å². The number of aromatic nitrogens is 4. The van der Waals surface area contributed by atoms with Crippen LogP contribution in [-0.4, -0.2) is 31.4 Å². The van der Waals surface area contributed by atoms with Crippen LogP contribution in [0, 0.1) is 0 Å². The van der Waals surface area contributed by atoms with E-state index in [4.69, 9.17) is 11.6 Å². The molecule has 2 aromatic heterocycles. The summed E-state index contributed by atoms with van der Waals surface area (Å²) in [5.41, 5.74) is 2.07. The zero-order chi connectivity index (χ0) is 18.8. The van der Waals surface area contributed by atoms with Gasteiger partial charge < -0.3 is 15.7 Å². The van der Waals surface area contributed by atoms with Crippen LogP contribution in [0.3, 0.4) is 0 Å². The highest BCUT2D eigenvalue weighted by molar-refractivity contribution is 6.32. The average molecular weight is 385 g/mol. The number of benzene rings is 1. The summed E-state index contributed by atoms with van der Waals surface area (Å²) < 4.78 is 0. The second kappa shape index (κ2) is 7.54. The maximum absolute atomic E-state index is 10.2. The molecule has 1 fully saturated rings. The normalized spacial score (nSPS) is 16.0. The lowest BCUT2D eigenvalue weighted by Gasteiger charge is -2.22. The van der Waals surface area contributed by atoms with Gasteiger partial charge >= 0.3 is 0 Å². The summed E-state index contributed by atoms with van der Waals surface area (Å²) in [6.07, 6.45) is 3.29. The Morgan fingerprint density at radius 3 is 2.74 bits per heavy atom. The Balaban J connectivity index is 1.53. The van der Waals surface area contributed by atoms with E-state index in [9.17, 15) is 5.11 Å². The fourth-order valence-corrected chi connectivity index (χ4v) is 3.07. The molecular formula is C19H21ClN6O. The van der Waals surface area contributed by atoms with Gasteiger partial charge in [-0.1, -0.05) is 41.9 Å². The number of nitrogens with one attached hydrogen (secondary N) is 3. The highest BCUT2D eigenvalue weighted by Gasteiger charge is 2.25. The van der Waals surface area contributed by atoms with E-state index in [1.54, 1.807) is 6.92 Å². The highest BCUT2D eigenvalue weighted by Crippen LogP contribution is 2.39. The molecule has 0 radical (unpaired) electrons. The third-order valence-corrected chi connectivity index (χ3v) is 4.81. The van der Waals surface area contributed by atoms with E-state index in [1.807, 2.05) is 36.4 Å². The van der Waals surface area contributed by atoms with Crippen LogP contribution >= 0.6 is 11.6 Å². The summed E-state index contributed by atoms with van der Waals surface area (Å²) >= 11 is 6.24. The van der Waals surface area contributed by atoms with Crippen LogP contribution in [-0.2, 0) is 0 Å². The Kier molecular flexibility index (Phi) is 4.96. The van der Waals surface area contributed by atoms with Crippen LogP contribution in [0.4, 0.5) is 17.6 Å². The minimum Gasteiger partial charge on any atom is -0.391 e. The molecule has 1 saturated carbocycles. The predicted molar refractivity (Wildman–Crippen MR) is 105 cm³/mol. The van der Waals surface area contributed by atoms with Crippen LogP contribution in [0.2, 0.25) is 5.02 Å². The van der Waals surface area contributed by atoms with Gasteiger partial charge in [-0.2, -0.15) is 10.1 Å². The lowest BCUT2D eigenvalue weighted by Crippen LogP contribution is -2.24. The van der Waals surface area contributed by atoms with Crippen molar-refractivity contribution in [3.05, 3.63) is 58.9 Å². The molecular weight excluding hydrogens is 364 g/mol. The molecule has 0 aliphatic heterocycles. The number of H-pyrrole nitrogens is 1. The molecule has 2 heterocycles. The van der Waals surface area contributed by atoms with Crippen molar-refractivity contribution < 1.29 is 5.11 Å². The Morgan fingerprint density at radius 2 is 2.04 bits per heavy atom. The van der Waals surface area contributed by atoms with E-state index < -0.39 is 6.10 Å². The van der Waals surface area contributed by atoms with Crippen molar-refractivity contribution in [1.29, 1.82) is 0 Å². The Hall–Kier alpha value is -2.64. The van der Waals surface area contributed by atoms with Crippen molar-refractivity contribution in [2.24, 2.45) is 0 Å². The van der Waals surface area contributed by atoms with Gasteiger partial charge in [-0.15, -0.1) is 0 Å². The SMILES string of the molecule is CC(O)C(Nc1ncc(Cl)c(Nc2cc(C3CC3)[nH]n2)n1)c1ccccc1. The number of aromatic amines is 1. The summed E-state index contributed by atoms with van der Waals surface area (Å²) in [4.78, 5) is 8.69. The van der Waals surface area contributed by atoms with E-state index in [0.717, 1.165) is 11.3 Å². The molecule has 1 aromatic carbocycles. The number of nitrogens with zero attached hydrogens (tertiary/aromatic N) is 3. The van der Waals surface area contributed by atoms with Crippen LogP contribution in [0.5, 0.6) is 0 Å². The van der Waals surface area contributed by atoms with Gasteiger partial charge in [0.05, 0.1) is 18.3 Å². The second-order valence-electron chi connectivity index (χ2n) is 6.77. The first kappa shape index (κ1) is 17.8. The molecule has 0 amide bonds. The molecule has 27 heavy (non-hydrogen) atoms. The van der Waals surface area contributed by atoms with Crippen LogP contribution in [0.15, 0.2) is 42.6 Å². The van der Waals surface area contributed by atoms with Gasteiger partial charge in [-0.3, -0.25) is 5.10 Å². The van der Waals surface area contributed by atoms with Gasteiger partial charge in [-0.05, 0) is 25.3 Å². The van der Waals surface area contributed by atoms with E-state index in [1.165, 1.54) is 19.0 Å². The fraction of sp³-hybridized carbons (Fsp3) is 0.316. The third-order valence-electron chi connectivity index (χ3n) is 4.53. The van der Waals surface area contributed by atoms with Crippen molar-refractivity contribution in [1.82, 2.24) is 20.2 Å². The summed E-state index contributed by atoms with van der Waals surface area (Å²) in [6, 6.07) is 11.3.